The Hall–Kier alpha value is -2.57. The second-order valence-corrected chi connectivity index (χ2v) is 7.69. The molecule has 1 fully saturated rings. The monoisotopic (exact) mass is 397 g/mol. The second kappa shape index (κ2) is 9.76. The third-order valence-corrected chi connectivity index (χ3v) is 5.84. The minimum atomic E-state index is -0.761. The maximum absolute atomic E-state index is 11.4. The van der Waals surface area contributed by atoms with Crippen molar-refractivity contribution in [3.8, 4) is 5.75 Å². The molecule has 0 aliphatic heterocycles. The van der Waals surface area contributed by atoms with Crippen LogP contribution in [0.15, 0.2) is 48.5 Å². The van der Waals surface area contributed by atoms with Gasteiger partial charge in [0.05, 0.1) is 11.7 Å². The molecule has 1 atom stereocenters. The van der Waals surface area contributed by atoms with Gasteiger partial charge in [-0.15, -0.1) is 0 Å². The fraction of sp³-hybridized carbons (Fsp3) is 0.435. The number of nitrogens with two attached hydrogens (primary N) is 1. The standard InChI is InChI=1S/C23H31N3O3/c1-2-26(18-6-4-3-5-7-18)19-11-9-17(10-12-19)25-15-22(28)16-8-13-21(27)20(14-16)23(24)29/h3-8,13-14,17,19,22,25,27-28H,2,9-12,15H2,1H3,(H2,24,29)/t17-,19+,22?. The van der Waals surface area contributed by atoms with Crippen LogP contribution in [-0.2, 0) is 0 Å². The summed E-state index contributed by atoms with van der Waals surface area (Å²) in [5.41, 5.74) is 7.14. The lowest BCUT2D eigenvalue weighted by molar-refractivity contribution is 0.0997. The summed E-state index contributed by atoms with van der Waals surface area (Å²) >= 11 is 0. The van der Waals surface area contributed by atoms with Crippen LogP contribution in [0.5, 0.6) is 5.75 Å². The van der Waals surface area contributed by atoms with E-state index < -0.39 is 12.0 Å². The molecule has 0 aromatic heterocycles. The number of aromatic hydroxyl groups is 1. The molecule has 0 bridgehead atoms. The number of aliphatic hydroxyl groups excluding tert-OH is 1. The summed E-state index contributed by atoms with van der Waals surface area (Å²) in [6.45, 7) is 3.59. The average Bonchev–Trinajstić information content (AvgIpc) is 2.74. The van der Waals surface area contributed by atoms with Crippen molar-refractivity contribution in [2.45, 2.75) is 50.8 Å². The second-order valence-electron chi connectivity index (χ2n) is 7.69. The molecule has 0 radical (unpaired) electrons. The number of rotatable bonds is 8. The van der Waals surface area contributed by atoms with Gasteiger partial charge in [-0.3, -0.25) is 4.79 Å². The van der Waals surface area contributed by atoms with E-state index in [2.05, 4.69) is 41.4 Å². The van der Waals surface area contributed by atoms with Crippen LogP contribution in [0.4, 0.5) is 5.69 Å². The van der Waals surface area contributed by atoms with Crippen molar-refractivity contribution in [3.63, 3.8) is 0 Å². The highest BCUT2D eigenvalue weighted by Crippen LogP contribution is 2.28. The van der Waals surface area contributed by atoms with E-state index in [1.54, 1.807) is 6.07 Å². The van der Waals surface area contributed by atoms with E-state index in [-0.39, 0.29) is 11.3 Å². The highest BCUT2D eigenvalue weighted by molar-refractivity contribution is 5.95. The molecule has 6 nitrogen and oxygen atoms in total. The van der Waals surface area contributed by atoms with Crippen LogP contribution in [0, 0.1) is 0 Å². The predicted molar refractivity (Wildman–Crippen MR) is 115 cm³/mol. The average molecular weight is 398 g/mol. The fourth-order valence-corrected chi connectivity index (χ4v) is 4.22. The number of para-hydroxylation sites is 1. The molecule has 0 spiro atoms. The number of anilines is 1. The highest BCUT2D eigenvalue weighted by atomic mass is 16.3. The summed E-state index contributed by atoms with van der Waals surface area (Å²) in [5, 5.41) is 23.6. The van der Waals surface area contributed by atoms with E-state index in [1.807, 2.05) is 6.07 Å². The molecule has 2 aromatic carbocycles. The number of carbonyl (C=O) groups excluding carboxylic acids is 1. The van der Waals surface area contributed by atoms with Crippen LogP contribution in [0.1, 0.15) is 54.6 Å². The van der Waals surface area contributed by atoms with Crippen molar-refractivity contribution < 1.29 is 15.0 Å². The van der Waals surface area contributed by atoms with Gasteiger partial charge in [0.2, 0.25) is 0 Å². The Morgan fingerprint density at radius 1 is 1.17 bits per heavy atom. The minimum absolute atomic E-state index is 0.0302. The van der Waals surface area contributed by atoms with Crippen LogP contribution in [0.2, 0.25) is 0 Å². The number of hydrogen-bond donors (Lipinski definition) is 4. The third kappa shape index (κ3) is 5.28. The van der Waals surface area contributed by atoms with E-state index in [9.17, 15) is 15.0 Å². The highest BCUT2D eigenvalue weighted by Gasteiger charge is 2.25. The maximum atomic E-state index is 11.4. The first-order valence-corrected chi connectivity index (χ1v) is 10.4. The first kappa shape index (κ1) is 21.1. The number of carbonyl (C=O) groups is 1. The lowest BCUT2D eigenvalue weighted by atomic mass is 9.89. The molecule has 1 amide bonds. The first-order chi connectivity index (χ1) is 14.0. The number of nitrogens with one attached hydrogen (secondary N) is 1. The molecule has 0 saturated heterocycles. The van der Waals surface area contributed by atoms with Gasteiger partial charge in [0.15, 0.2) is 0 Å². The summed E-state index contributed by atoms with van der Waals surface area (Å²) in [7, 11) is 0. The molecule has 3 rings (SSSR count). The van der Waals surface area contributed by atoms with Gasteiger partial charge < -0.3 is 26.2 Å². The zero-order valence-electron chi connectivity index (χ0n) is 16.9. The molecule has 1 unspecified atom stereocenters. The van der Waals surface area contributed by atoms with E-state index in [0.29, 0.717) is 24.2 Å². The topological polar surface area (TPSA) is 98.8 Å². The molecule has 1 aliphatic carbocycles. The Bertz CT molecular complexity index is 804. The lowest BCUT2D eigenvalue weighted by Crippen LogP contribution is -2.43. The summed E-state index contributed by atoms with van der Waals surface area (Å²) < 4.78 is 0. The number of aliphatic hydroxyl groups is 1. The van der Waals surface area contributed by atoms with Crippen molar-refractivity contribution in [3.05, 3.63) is 59.7 Å². The molecule has 1 saturated carbocycles. The normalized spacial score (nSPS) is 20.2. The summed E-state index contributed by atoms with van der Waals surface area (Å²) in [4.78, 5) is 13.9. The molecule has 156 valence electrons. The predicted octanol–water partition coefficient (Wildman–Crippen LogP) is 2.95. The van der Waals surface area contributed by atoms with E-state index in [0.717, 1.165) is 32.2 Å². The minimum Gasteiger partial charge on any atom is -0.507 e. The fourth-order valence-electron chi connectivity index (χ4n) is 4.22. The third-order valence-electron chi connectivity index (χ3n) is 5.84. The Kier molecular flexibility index (Phi) is 7.12. The van der Waals surface area contributed by atoms with Crippen molar-refractivity contribution >= 4 is 11.6 Å². The SMILES string of the molecule is CCN(c1ccccc1)[C@H]1CC[C@@H](NCC(O)c2ccc(O)c(C(N)=O)c2)CC1. The zero-order valence-corrected chi connectivity index (χ0v) is 16.9. The van der Waals surface area contributed by atoms with Gasteiger partial charge in [0.1, 0.15) is 5.75 Å². The number of phenols is 1. The summed E-state index contributed by atoms with van der Waals surface area (Å²) in [6, 6.07) is 15.9. The van der Waals surface area contributed by atoms with Crippen LogP contribution < -0.4 is 16.0 Å². The van der Waals surface area contributed by atoms with Gasteiger partial charge in [0.25, 0.3) is 5.91 Å². The van der Waals surface area contributed by atoms with Crippen LogP contribution in [-0.4, -0.2) is 41.3 Å². The smallest absolute Gasteiger partial charge is 0.252 e. The Balaban J connectivity index is 1.51. The number of hydrogen-bond acceptors (Lipinski definition) is 5. The van der Waals surface area contributed by atoms with E-state index >= 15 is 0 Å². The molecular weight excluding hydrogens is 366 g/mol. The van der Waals surface area contributed by atoms with Gasteiger partial charge in [0, 0.05) is 30.9 Å². The number of primary amides is 1. The molecule has 1 aliphatic rings. The number of benzene rings is 2. The largest absolute Gasteiger partial charge is 0.507 e. The van der Waals surface area contributed by atoms with E-state index in [4.69, 9.17) is 5.73 Å². The molecule has 2 aromatic rings. The van der Waals surface area contributed by atoms with Crippen molar-refractivity contribution in [2.24, 2.45) is 5.73 Å². The van der Waals surface area contributed by atoms with Crippen LogP contribution >= 0.6 is 0 Å². The van der Waals surface area contributed by atoms with Crippen LogP contribution in [0.25, 0.3) is 0 Å². The van der Waals surface area contributed by atoms with Gasteiger partial charge >= 0.3 is 0 Å². The van der Waals surface area contributed by atoms with Gasteiger partial charge in [-0.25, -0.2) is 0 Å². The summed E-state index contributed by atoms with van der Waals surface area (Å²) in [5.74, 6) is -0.875. The molecule has 6 heteroatoms. The first-order valence-electron chi connectivity index (χ1n) is 10.4. The molecule has 5 N–H and O–H groups in total. The van der Waals surface area contributed by atoms with E-state index in [1.165, 1.54) is 17.8 Å². The van der Waals surface area contributed by atoms with Crippen molar-refractivity contribution in [1.29, 1.82) is 0 Å². The molecule has 29 heavy (non-hydrogen) atoms. The van der Waals surface area contributed by atoms with Crippen LogP contribution in [0.3, 0.4) is 0 Å². The maximum Gasteiger partial charge on any atom is 0.252 e. The Morgan fingerprint density at radius 2 is 1.86 bits per heavy atom. The van der Waals surface area contributed by atoms with Gasteiger partial charge in [-0.2, -0.15) is 0 Å². The molecular formula is C23H31N3O3. The zero-order chi connectivity index (χ0) is 20.8. The quantitative estimate of drug-likeness (QED) is 0.549. The van der Waals surface area contributed by atoms with Gasteiger partial charge in [-0.05, 0) is 62.4 Å². The van der Waals surface area contributed by atoms with Crippen molar-refractivity contribution in [1.82, 2.24) is 5.32 Å². The lowest BCUT2D eigenvalue weighted by Gasteiger charge is -2.38. The van der Waals surface area contributed by atoms with Crippen molar-refractivity contribution in [2.75, 3.05) is 18.0 Å². The number of nitrogens with zero attached hydrogens (tertiary/aromatic N) is 1. The van der Waals surface area contributed by atoms with Gasteiger partial charge in [-0.1, -0.05) is 24.3 Å². The molecule has 0 heterocycles. The Morgan fingerprint density at radius 3 is 2.48 bits per heavy atom. The number of amides is 1. The summed E-state index contributed by atoms with van der Waals surface area (Å²) in [6.07, 6.45) is 3.58. The Labute approximate surface area is 172 Å².